The van der Waals surface area contributed by atoms with Crippen LogP contribution in [0.4, 0.5) is 0 Å². The van der Waals surface area contributed by atoms with E-state index in [1.807, 2.05) is 0 Å². The lowest BCUT2D eigenvalue weighted by Gasteiger charge is -2.14. The average molecular weight is 494 g/mol. The maximum Gasteiger partial charge on any atom is 0.191 e. The van der Waals surface area contributed by atoms with Crippen molar-refractivity contribution in [3.8, 4) is 0 Å². The van der Waals surface area contributed by atoms with E-state index in [1.54, 1.807) is 11.3 Å². The van der Waals surface area contributed by atoms with Crippen molar-refractivity contribution >= 4 is 41.3 Å². The van der Waals surface area contributed by atoms with Gasteiger partial charge in [0, 0.05) is 50.1 Å². The van der Waals surface area contributed by atoms with Gasteiger partial charge in [-0.3, -0.25) is 4.99 Å². The summed E-state index contributed by atoms with van der Waals surface area (Å²) in [6.45, 7) is 13.0. The molecule has 1 aromatic rings. The first-order chi connectivity index (χ1) is 12.0. The molecular weight excluding hydrogens is 459 g/mol. The van der Waals surface area contributed by atoms with Gasteiger partial charge in [0.25, 0.3) is 0 Å². The molecule has 0 aliphatic heterocycles. The second-order valence-electron chi connectivity index (χ2n) is 7.69. The third kappa shape index (κ3) is 9.50. The second kappa shape index (κ2) is 12.1. The minimum absolute atomic E-state index is 0. The average Bonchev–Trinajstić information content (AvgIpc) is 3.24. The van der Waals surface area contributed by atoms with E-state index in [0.29, 0.717) is 0 Å². The van der Waals surface area contributed by atoms with Gasteiger partial charge < -0.3 is 15.4 Å². The van der Waals surface area contributed by atoms with Gasteiger partial charge in [0.1, 0.15) is 0 Å². The Morgan fingerprint density at radius 2 is 2.12 bits per heavy atom. The molecule has 0 bridgehead atoms. The number of hydrogen-bond donors (Lipinski definition) is 2. The summed E-state index contributed by atoms with van der Waals surface area (Å²) in [5.74, 6) is 1.73. The Kier molecular flexibility index (Phi) is 11.0. The Labute approximate surface area is 179 Å². The van der Waals surface area contributed by atoms with Crippen LogP contribution in [0.3, 0.4) is 0 Å². The highest BCUT2D eigenvalue weighted by Crippen LogP contribution is 2.28. The van der Waals surface area contributed by atoms with Crippen LogP contribution in [0, 0.1) is 5.92 Å². The fraction of sp³-hybridized carbons (Fsp3) is 0.789. The lowest BCUT2D eigenvalue weighted by molar-refractivity contribution is 0.123. The number of rotatable bonds is 10. The highest BCUT2D eigenvalue weighted by Gasteiger charge is 2.20. The Hall–Kier alpha value is -0.410. The molecule has 0 saturated heterocycles. The Balaban J connectivity index is 0.00000338. The standard InChI is InChI=1S/C19H34N4OS.HI/c1-5-20-18(21-10-6-12-24-13-15-7-8-15)22-11-9-17-23-16(14-25-17)19(2,3)4;/h14-15H,5-13H2,1-4H3,(H2,20,21,22);1H. The van der Waals surface area contributed by atoms with Gasteiger partial charge in [0.05, 0.1) is 10.7 Å². The third-order valence-corrected chi connectivity index (χ3v) is 4.97. The van der Waals surface area contributed by atoms with Crippen molar-refractivity contribution in [1.82, 2.24) is 15.6 Å². The van der Waals surface area contributed by atoms with Gasteiger partial charge in [-0.2, -0.15) is 0 Å². The van der Waals surface area contributed by atoms with Crippen LogP contribution in [-0.2, 0) is 16.6 Å². The van der Waals surface area contributed by atoms with Crippen molar-refractivity contribution in [1.29, 1.82) is 0 Å². The molecule has 0 aromatic carbocycles. The second-order valence-corrected chi connectivity index (χ2v) is 8.63. The summed E-state index contributed by atoms with van der Waals surface area (Å²) < 4.78 is 5.65. The Morgan fingerprint density at radius 1 is 1.35 bits per heavy atom. The highest BCUT2D eigenvalue weighted by molar-refractivity contribution is 14.0. The molecule has 26 heavy (non-hydrogen) atoms. The summed E-state index contributed by atoms with van der Waals surface area (Å²) in [6, 6.07) is 0. The number of thiazole rings is 1. The van der Waals surface area contributed by atoms with Crippen LogP contribution in [-0.4, -0.2) is 43.8 Å². The summed E-state index contributed by atoms with van der Waals surface area (Å²) in [5, 5.41) is 10.1. The van der Waals surface area contributed by atoms with E-state index in [-0.39, 0.29) is 29.4 Å². The molecule has 1 aromatic heterocycles. The minimum atomic E-state index is 0. The monoisotopic (exact) mass is 494 g/mol. The molecule has 0 radical (unpaired) electrons. The number of aliphatic imine (C=N–C) groups is 1. The number of ether oxygens (including phenoxy) is 1. The van der Waals surface area contributed by atoms with Crippen molar-refractivity contribution in [3.63, 3.8) is 0 Å². The highest BCUT2D eigenvalue weighted by atomic mass is 127. The van der Waals surface area contributed by atoms with Crippen LogP contribution < -0.4 is 10.6 Å². The van der Waals surface area contributed by atoms with E-state index < -0.39 is 0 Å². The molecule has 1 aliphatic rings. The SMILES string of the molecule is CCNC(=NCCCOCC1CC1)NCCc1nc(C(C)(C)C)cs1.I. The zero-order valence-electron chi connectivity index (χ0n) is 16.6. The summed E-state index contributed by atoms with van der Waals surface area (Å²) in [7, 11) is 0. The van der Waals surface area contributed by atoms with Gasteiger partial charge in [0.15, 0.2) is 5.96 Å². The van der Waals surface area contributed by atoms with Crippen molar-refractivity contribution in [2.45, 2.75) is 58.8 Å². The van der Waals surface area contributed by atoms with Crippen LogP contribution in [0.5, 0.6) is 0 Å². The van der Waals surface area contributed by atoms with Gasteiger partial charge in [0.2, 0.25) is 0 Å². The van der Waals surface area contributed by atoms with E-state index in [9.17, 15) is 0 Å². The van der Waals surface area contributed by atoms with Crippen molar-refractivity contribution in [3.05, 3.63) is 16.1 Å². The molecule has 1 fully saturated rings. The van der Waals surface area contributed by atoms with Crippen LogP contribution in [0.2, 0.25) is 0 Å². The summed E-state index contributed by atoms with van der Waals surface area (Å²) in [4.78, 5) is 9.36. The maximum absolute atomic E-state index is 5.65. The van der Waals surface area contributed by atoms with Crippen molar-refractivity contribution in [2.75, 3.05) is 32.8 Å². The van der Waals surface area contributed by atoms with E-state index in [0.717, 1.165) is 57.6 Å². The molecule has 150 valence electrons. The Bertz CT molecular complexity index is 538. The third-order valence-electron chi connectivity index (χ3n) is 4.06. The van der Waals surface area contributed by atoms with Gasteiger partial charge in [-0.1, -0.05) is 20.8 Å². The normalized spacial score (nSPS) is 14.8. The molecule has 0 amide bonds. The zero-order valence-corrected chi connectivity index (χ0v) is 19.8. The van der Waals surface area contributed by atoms with E-state index in [2.05, 4.69) is 48.7 Å². The number of nitrogens with zero attached hydrogens (tertiary/aromatic N) is 2. The van der Waals surface area contributed by atoms with Crippen LogP contribution >= 0.6 is 35.3 Å². The van der Waals surface area contributed by atoms with Crippen molar-refractivity contribution in [2.24, 2.45) is 10.9 Å². The fourth-order valence-electron chi connectivity index (χ4n) is 2.29. The van der Waals surface area contributed by atoms with Gasteiger partial charge in [-0.15, -0.1) is 35.3 Å². The van der Waals surface area contributed by atoms with E-state index in [1.165, 1.54) is 23.5 Å². The number of halogens is 1. The van der Waals surface area contributed by atoms with Gasteiger partial charge in [-0.05, 0) is 32.1 Å². The summed E-state index contributed by atoms with van der Waals surface area (Å²) in [5.41, 5.74) is 1.31. The predicted octanol–water partition coefficient (Wildman–Crippen LogP) is 3.97. The number of nitrogens with one attached hydrogen (secondary N) is 2. The molecule has 2 N–H and O–H groups in total. The smallest absolute Gasteiger partial charge is 0.191 e. The van der Waals surface area contributed by atoms with Gasteiger partial charge in [-0.25, -0.2) is 4.98 Å². The zero-order chi connectivity index (χ0) is 18.1. The first-order valence-electron chi connectivity index (χ1n) is 9.54. The summed E-state index contributed by atoms with van der Waals surface area (Å²) in [6.07, 6.45) is 4.60. The van der Waals surface area contributed by atoms with E-state index in [4.69, 9.17) is 9.72 Å². The molecule has 5 nitrogen and oxygen atoms in total. The number of guanidine groups is 1. The molecule has 0 unspecified atom stereocenters. The molecule has 0 spiro atoms. The molecule has 2 rings (SSSR count). The molecule has 1 heterocycles. The fourth-order valence-corrected chi connectivity index (χ4v) is 3.32. The molecular formula is C19H35IN4OS. The first-order valence-corrected chi connectivity index (χ1v) is 10.4. The molecule has 1 aliphatic carbocycles. The molecule has 7 heteroatoms. The quantitative estimate of drug-likeness (QED) is 0.224. The number of aromatic nitrogens is 1. The lowest BCUT2D eigenvalue weighted by Crippen LogP contribution is -2.38. The van der Waals surface area contributed by atoms with E-state index >= 15 is 0 Å². The molecule has 1 saturated carbocycles. The maximum atomic E-state index is 5.65. The van der Waals surface area contributed by atoms with Crippen LogP contribution in [0.25, 0.3) is 0 Å². The summed E-state index contributed by atoms with van der Waals surface area (Å²) >= 11 is 1.75. The Morgan fingerprint density at radius 3 is 2.73 bits per heavy atom. The minimum Gasteiger partial charge on any atom is -0.381 e. The van der Waals surface area contributed by atoms with Crippen molar-refractivity contribution < 1.29 is 4.74 Å². The first kappa shape index (κ1) is 23.6. The number of hydrogen-bond acceptors (Lipinski definition) is 4. The lowest BCUT2D eigenvalue weighted by atomic mass is 9.93. The topological polar surface area (TPSA) is 58.5 Å². The predicted molar refractivity (Wildman–Crippen MR) is 122 cm³/mol. The largest absolute Gasteiger partial charge is 0.381 e. The van der Waals surface area contributed by atoms with Crippen LogP contribution in [0.1, 0.15) is 57.7 Å². The molecule has 0 atom stereocenters. The van der Waals surface area contributed by atoms with Crippen LogP contribution in [0.15, 0.2) is 10.4 Å². The van der Waals surface area contributed by atoms with Gasteiger partial charge >= 0.3 is 0 Å².